The van der Waals surface area contributed by atoms with E-state index in [0.717, 1.165) is 12.8 Å². The first kappa shape index (κ1) is 15.5. The summed E-state index contributed by atoms with van der Waals surface area (Å²) >= 11 is 0. The van der Waals surface area contributed by atoms with Gasteiger partial charge in [-0.15, -0.1) is 5.10 Å². The minimum atomic E-state index is -0.136. The Hall–Kier alpha value is -2.41. The number of benzene rings is 1. The van der Waals surface area contributed by atoms with Gasteiger partial charge in [0.2, 0.25) is 5.91 Å². The van der Waals surface area contributed by atoms with Crippen LogP contribution in [0.15, 0.2) is 30.5 Å². The standard InChI is InChI=1S/C16H20N4O3/c21-11-13-9-20(18-17-13)14-5-3-7-19(10-14)16(23)8-12-4-1-2-6-15(12)22/h1-2,4,6,9,14,21-22H,3,5,7-8,10-11H2. The van der Waals surface area contributed by atoms with Gasteiger partial charge in [0.15, 0.2) is 0 Å². The highest BCUT2D eigenvalue weighted by atomic mass is 16.3. The molecule has 0 aliphatic carbocycles. The topological polar surface area (TPSA) is 91.5 Å². The van der Waals surface area contributed by atoms with Gasteiger partial charge in [-0.25, -0.2) is 4.68 Å². The average Bonchev–Trinajstić information content (AvgIpc) is 3.06. The minimum absolute atomic E-state index is 0.00121. The normalized spacial score (nSPS) is 18.1. The Morgan fingerprint density at radius 3 is 2.91 bits per heavy atom. The van der Waals surface area contributed by atoms with Crippen LogP contribution in [0.1, 0.15) is 30.1 Å². The molecule has 2 heterocycles. The fourth-order valence-electron chi connectivity index (χ4n) is 2.90. The van der Waals surface area contributed by atoms with Crippen LogP contribution in [0.5, 0.6) is 5.75 Å². The largest absolute Gasteiger partial charge is 0.508 e. The average molecular weight is 316 g/mol. The molecule has 3 rings (SSSR count). The second kappa shape index (κ2) is 6.78. The second-order valence-corrected chi connectivity index (χ2v) is 5.79. The summed E-state index contributed by atoms with van der Waals surface area (Å²) in [6.07, 6.45) is 3.74. The minimum Gasteiger partial charge on any atom is -0.508 e. The number of carbonyl (C=O) groups excluding carboxylic acids is 1. The summed E-state index contributed by atoms with van der Waals surface area (Å²) in [6, 6.07) is 6.98. The number of phenolic OH excluding ortho intramolecular Hbond substituents is 1. The number of rotatable bonds is 4. The number of para-hydroxylation sites is 1. The zero-order chi connectivity index (χ0) is 16.2. The molecule has 0 bridgehead atoms. The Morgan fingerprint density at radius 2 is 2.17 bits per heavy atom. The highest BCUT2D eigenvalue weighted by molar-refractivity contribution is 5.79. The third-order valence-electron chi connectivity index (χ3n) is 4.18. The first-order valence-corrected chi connectivity index (χ1v) is 7.73. The van der Waals surface area contributed by atoms with Crippen LogP contribution < -0.4 is 0 Å². The fourth-order valence-corrected chi connectivity index (χ4v) is 2.90. The maximum atomic E-state index is 12.5. The van der Waals surface area contributed by atoms with Gasteiger partial charge >= 0.3 is 0 Å². The number of aliphatic hydroxyl groups excluding tert-OH is 1. The molecule has 7 heteroatoms. The second-order valence-electron chi connectivity index (χ2n) is 5.79. The first-order valence-electron chi connectivity index (χ1n) is 7.73. The summed E-state index contributed by atoms with van der Waals surface area (Å²) in [4.78, 5) is 14.3. The number of amides is 1. The summed E-state index contributed by atoms with van der Waals surface area (Å²) in [5, 5.41) is 26.8. The van der Waals surface area contributed by atoms with E-state index in [1.807, 2.05) is 6.07 Å². The predicted octanol–water partition coefficient (Wildman–Crippen LogP) is 0.882. The number of nitrogens with zero attached hydrogens (tertiary/aromatic N) is 4. The third kappa shape index (κ3) is 3.50. The molecule has 122 valence electrons. The van der Waals surface area contributed by atoms with Crippen molar-refractivity contribution in [2.45, 2.75) is 31.9 Å². The van der Waals surface area contributed by atoms with Crippen molar-refractivity contribution in [2.75, 3.05) is 13.1 Å². The SMILES string of the molecule is O=C(Cc1ccccc1O)N1CCCC(n2cc(CO)nn2)C1. The van der Waals surface area contributed by atoms with Gasteiger partial charge in [0, 0.05) is 18.7 Å². The van der Waals surface area contributed by atoms with Crippen LogP contribution in [0.3, 0.4) is 0 Å². The Balaban J connectivity index is 1.66. The van der Waals surface area contributed by atoms with E-state index in [-0.39, 0.29) is 30.7 Å². The fraction of sp³-hybridized carbons (Fsp3) is 0.438. The molecule has 0 spiro atoms. The van der Waals surface area contributed by atoms with Crippen LogP contribution in [0, 0.1) is 0 Å². The van der Waals surface area contributed by atoms with Gasteiger partial charge in [0.1, 0.15) is 11.4 Å². The molecule has 0 saturated carbocycles. The van der Waals surface area contributed by atoms with Gasteiger partial charge in [-0.1, -0.05) is 23.4 Å². The molecular formula is C16H20N4O3. The summed E-state index contributed by atoms with van der Waals surface area (Å²) in [5.74, 6) is 0.150. The molecule has 7 nitrogen and oxygen atoms in total. The van der Waals surface area contributed by atoms with E-state index in [0.29, 0.717) is 24.3 Å². The van der Waals surface area contributed by atoms with E-state index >= 15 is 0 Å². The van der Waals surface area contributed by atoms with Crippen LogP contribution in [0.4, 0.5) is 0 Å². The van der Waals surface area contributed by atoms with Gasteiger partial charge in [0.05, 0.1) is 25.3 Å². The molecule has 1 aliphatic rings. The molecule has 23 heavy (non-hydrogen) atoms. The maximum absolute atomic E-state index is 12.5. The van der Waals surface area contributed by atoms with E-state index in [2.05, 4.69) is 10.3 Å². The van der Waals surface area contributed by atoms with Crippen molar-refractivity contribution in [3.05, 3.63) is 41.7 Å². The van der Waals surface area contributed by atoms with E-state index in [1.54, 1.807) is 34.0 Å². The van der Waals surface area contributed by atoms with E-state index in [9.17, 15) is 9.90 Å². The monoisotopic (exact) mass is 316 g/mol. The number of piperidine rings is 1. The van der Waals surface area contributed by atoms with Crippen molar-refractivity contribution in [3.63, 3.8) is 0 Å². The van der Waals surface area contributed by atoms with Crippen LogP contribution in [-0.4, -0.2) is 49.1 Å². The number of aromatic nitrogens is 3. The molecule has 1 saturated heterocycles. The van der Waals surface area contributed by atoms with Gasteiger partial charge < -0.3 is 15.1 Å². The Morgan fingerprint density at radius 1 is 1.35 bits per heavy atom. The van der Waals surface area contributed by atoms with E-state index in [4.69, 9.17) is 5.11 Å². The number of likely N-dealkylation sites (tertiary alicyclic amines) is 1. The number of aliphatic hydroxyl groups is 1. The molecule has 1 unspecified atom stereocenters. The van der Waals surface area contributed by atoms with Crippen molar-refractivity contribution in [1.29, 1.82) is 0 Å². The van der Waals surface area contributed by atoms with Crippen molar-refractivity contribution in [2.24, 2.45) is 0 Å². The Bertz CT molecular complexity index is 685. The van der Waals surface area contributed by atoms with Crippen LogP contribution in [-0.2, 0) is 17.8 Å². The van der Waals surface area contributed by atoms with Gasteiger partial charge in [-0.05, 0) is 18.9 Å². The molecule has 0 radical (unpaired) electrons. The zero-order valence-electron chi connectivity index (χ0n) is 12.8. The molecule has 1 fully saturated rings. The first-order chi connectivity index (χ1) is 11.2. The third-order valence-corrected chi connectivity index (χ3v) is 4.18. The van der Waals surface area contributed by atoms with Crippen LogP contribution in [0.2, 0.25) is 0 Å². The lowest BCUT2D eigenvalue weighted by atomic mass is 10.0. The van der Waals surface area contributed by atoms with Crippen LogP contribution >= 0.6 is 0 Å². The highest BCUT2D eigenvalue weighted by Gasteiger charge is 2.26. The lowest BCUT2D eigenvalue weighted by molar-refractivity contribution is -0.132. The summed E-state index contributed by atoms with van der Waals surface area (Å²) < 4.78 is 1.73. The Labute approximate surface area is 134 Å². The van der Waals surface area contributed by atoms with Crippen molar-refractivity contribution >= 4 is 5.91 Å². The lowest BCUT2D eigenvalue weighted by Crippen LogP contribution is -2.41. The summed E-state index contributed by atoms with van der Waals surface area (Å²) in [5.41, 5.74) is 1.17. The molecular weight excluding hydrogens is 296 g/mol. The molecule has 1 atom stereocenters. The van der Waals surface area contributed by atoms with Gasteiger partial charge in [-0.2, -0.15) is 0 Å². The zero-order valence-corrected chi connectivity index (χ0v) is 12.8. The molecule has 1 aliphatic heterocycles. The number of aromatic hydroxyl groups is 1. The number of phenols is 1. The predicted molar refractivity (Wildman–Crippen MR) is 82.6 cm³/mol. The number of hydrogen-bond acceptors (Lipinski definition) is 5. The van der Waals surface area contributed by atoms with Crippen LogP contribution in [0.25, 0.3) is 0 Å². The quantitative estimate of drug-likeness (QED) is 0.874. The molecule has 1 aromatic carbocycles. The summed E-state index contributed by atoms with van der Waals surface area (Å²) in [6.45, 7) is 1.15. The highest BCUT2D eigenvalue weighted by Crippen LogP contribution is 2.23. The lowest BCUT2D eigenvalue weighted by Gasteiger charge is -2.32. The smallest absolute Gasteiger partial charge is 0.227 e. The number of carbonyl (C=O) groups is 1. The van der Waals surface area contributed by atoms with E-state index in [1.165, 1.54) is 0 Å². The van der Waals surface area contributed by atoms with E-state index < -0.39 is 0 Å². The molecule has 1 aromatic heterocycles. The van der Waals surface area contributed by atoms with Gasteiger partial charge in [0.25, 0.3) is 0 Å². The molecule has 1 amide bonds. The molecule has 2 aromatic rings. The maximum Gasteiger partial charge on any atom is 0.227 e. The number of hydrogen-bond donors (Lipinski definition) is 2. The molecule has 2 N–H and O–H groups in total. The van der Waals surface area contributed by atoms with Crippen molar-refractivity contribution < 1.29 is 15.0 Å². The van der Waals surface area contributed by atoms with Crippen molar-refractivity contribution in [3.8, 4) is 5.75 Å². The van der Waals surface area contributed by atoms with Gasteiger partial charge in [-0.3, -0.25) is 4.79 Å². The Kier molecular flexibility index (Phi) is 4.57. The summed E-state index contributed by atoms with van der Waals surface area (Å²) in [7, 11) is 0. The van der Waals surface area contributed by atoms with Crippen molar-refractivity contribution in [1.82, 2.24) is 19.9 Å².